The number of benzene rings is 3. The summed E-state index contributed by atoms with van der Waals surface area (Å²) in [5, 5.41) is 29.1. The number of aryl methyl sites for hydroxylation is 1. The maximum Gasteiger partial charge on any atom is 0.258 e. The summed E-state index contributed by atoms with van der Waals surface area (Å²) >= 11 is 7.77. The lowest BCUT2D eigenvalue weighted by Gasteiger charge is -2.39. The summed E-state index contributed by atoms with van der Waals surface area (Å²) in [7, 11) is 0. The van der Waals surface area contributed by atoms with Crippen molar-refractivity contribution in [2.75, 3.05) is 50.7 Å². The molecule has 0 spiro atoms. The van der Waals surface area contributed by atoms with E-state index in [0.29, 0.717) is 28.4 Å². The number of thiazole rings is 1. The first-order valence-electron chi connectivity index (χ1n) is 28.7. The number of carbonyl (C=O) groups is 5. The van der Waals surface area contributed by atoms with E-state index in [-0.39, 0.29) is 62.2 Å². The summed E-state index contributed by atoms with van der Waals surface area (Å²) in [6, 6.07) is 20.3. The number of unbranched alkanes of at least 4 members (excludes halogenated alkanes) is 5. The summed E-state index contributed by atoms with van der Waals surface area (Å²) in [5.74, 6) is -1.44. The number of fused-ring (bicyclic) bond motifs is 2. The second kappa shape index (κ2) is 25.8. The van der Waals surface area contributed by atoms with Crippen molar-refractivity contribution in [1.82, 2.24) is 35.6 Å². The number of nitrogens with zero attached hydrogens (tertiary/aromatic N) is 6. The van der Waals surface area contributed by atoms with Crippen LogP contribution in [0.25, 0.3) is 10.4 Å². The highest BCUT2D eigenvalue weighted by Crippen LogP contribution is 2.41. The Kier molecular flexibility index (Phi) is 18.8. The van der Waals surface area contributed by atoms with Crippen molar-refractivity contribution < 1.29 is 38.2 Å². The standard InChI is InChI=1S/C61H77ClFN9O7S/c1-39-54(80-38-66-39)41-13-11-40(12-14-41)51(67-56(75)52-33-47(73)37-71(52)58(77)55(60(2,3)4)68-59(78)61(63)23-24-61)35-53(74)65-25-9-7-5-6-8-10-26-69-27-29-70(30-28-69)44-18-15-42(16-19-44)57(76)72-45-20-21-46(72)32-49(31-45)79-48-22-17-43(36-64)50(62)34-48/h11-19,22,34,38,45-47,49,51-52,55,73H,5-10,20-21,23-33,35,37H2,1-4H3,(H,65,74)(H,67,75)(H,68,78)/t45-,46+,47-,49?,51-,52+,55-/m0/s1. The van der Waals surface area contributed by atoms with Crippen molar-refractivity contribution >= 4 is 58.2 Å². The third kappa shape index (κ3) is 14.3. The highest BCUT2D eigenvalue weighted by Gasteiger charge is 2.53. The molecule has 5 heterocycles. The fourth-order valence-electron chi connectivity index (χ4n) is 11.9. The van der Waals surface area contributed by atoms with Crippen molar-refractivity contribution in [3.8, 4) is 22.3 Å². The number of carbonyl (C=O) groups excluding carboxylic acids is 5. The summed E-state index contributed by atoms with van der Waals surface area (Å²) in [6.07, 6.45) is 8.81. The molecule has 5 amide bonds. The van der Waals surface area contributed by atoms with Gasteiger partial charge < -0.3 is 40.5 Å². The van der Waals surface area contributed by atoms with Gasteiger partial charge in [0.15, 0.2) is 5.67 Å². The maximum absolute atomic E-state index is 14.8. The number of piperazine rings is 1. The lowest BCUT2D eigenvalue weighted by Crippen LogP contribution is -2.59. The lowest BCUT2D eigenvalue weighted by atomic mass is 9.85. The molecule has 4 N–H and O–H groups in total. The molecule has 4 saturated heterocycles. The third-order valence-electron chi connectivity index (χ3n) is 16.7. The van der Waals surface area contributed by atoms with E-state index in [1.54, 1.807) is 44.5 Å². The van der Waals surface area contributed by atoms with Crippen LogP contribution in [0.5, 0.6) is 5.75 Å². The van der Waals surface area contributed by atoms with Crippen molar-refractivity contribution in [2.45, 2.75) is 166 Å². The van der Waals surface area contributed by atoms with Crippen LogP contribution >= 0.6 is 22.9 Å². The molecule has 1 saturated carbocycles. The van der Waals surface area contributed by atoms with Gasteiger partial charge >= 0.3 is 0 Å². The van der Waals surface area contributed by atoms with Gasteiger partial charge in [-0.3, -0.25) is 28.9 Å². The Balaban J connectivity index is 0.679. The number of hydrogen-bond acceptors (Lipinski definition) is 12. The van der Waals surface area contributed by atoms with E-state index in [9.17, 15) is 38.7 Å². The Hall–Kier alpha value is -6.13. The molecule has 4 aliphatic heterocycles. The smallest absolute Gasteiger partial charge is 0.258 e. The molecule has 1 aliphatic carbocycles. The Morgan fingerprint density at radius 3 is 2.20 bits per heavy atom. The van der Waals surface area contributed by atoms with Crippen LogP contribution in [0.3, 0.4) is 0 Å². The van der Waals surface area contributed by atoms with E-state index in [2.05, 4.69) is 53.8 Å². The van der Waals surface area contributed by atoms with E-state index in [4.69, 9.17) is 16.3 Å². The quantitative estimate of drug-likeness (QED) is 0.0549. The molecule has 3 aromatic carbocycles. The third-order valence-corrected chi connectivity index (χ3v) is 18.0. The zero-order valence-electron chi connectivity index (χ0n) is 46.6. The molecular weight excluding hydrogens is 1060 g/mol. The number of aromatic nitrogens is 1. The second-order valence-electron chi connectivity index (χ2n) is 23.7. The zero-order chi connectivity index (χ0) is 56.7. The number of ether oxygens (including phenoxy) is 1. The number of nitrogens with one attached hydrogen (secondary N) is 3. The lowest BCUT2D eigenvalue weighted by molar-refractivity contribution is -0.145. The predicted molar refractivity (Wildman–Crippen MR) is 307 cm³/mol. The van der Waals surface area contributed by atoms with Gasteiger partial charge in [-0.05, 0) is 105 Å². The van der Waals surface area contributed by atoms with Gasteiger partial charge in [0.2, 0.25) is 17.7 Å². The number of rotatable bonds is 22. The average molecular weight is 1130 g/mol. The topological polar surface area (TPSA) is 201 Å². The summed E-state index contributed by atoms with van der Waals surface area (Å²) < 4.78 is 21.1. The molecule has 1 unspecified atom stereocenters. The van der Waals surface area contributed by atoms with Crippen LogP contribution < -0.4 is 25.6 Å². The molecule has 4 aromatic rings. The number of hydrogen-bond donors (Lipinski definition) is 4. The highest BCUT2D eigenvalue weighted by atomic mass is 35.5. The maximum atomic E-state index is 14.8. The number of alkyl halides is 1. The molecule has 80 heavy (non-hydrogen) atoms. The number of nitriles is 1. The number of β-amino-alcohol motifs (C(OH)–C–C–N with tert-alkyl or cyclic N) is 1. The monoisotopic (exact) mass is 1130 g/mol. The summed E-state index contributed by atoms with van der Waals surface area (Å²) in [6.45, 7) is 12.5. The van der Waals surface area contributed by atoms with Crippen LogP contribution in [-0.2, 0) is 19.2 Å². The SMILES string of the molecule is Cc1ncsc1-c1ccc([C@H](CC(=O)NCCCCCCCCN2CCN(c3ccc(C(=O)N4[C@@H]5CC[C@H]4CC(Oc4ccc(C#N)c(Cl)c4)C5)cc3)CC2)NC(=O)[C@H]2C[C@H](O)CN2C(=O)[C@H](NC(=O)C2(F)CC2)C(C)(C)C)cc1. The van der Waals surface area contributed by atoms with Gasteiger partial charge in [-0.1, -0.05) is 82.3 Å². The summed E-state index contributed by atoms with van der Waals surface area (Å²) in [5.41, 5.74) is 3.81. The molecule has 0 radical (unpaired) electrons. The van der Waals surface area contributed by atoms with Gasteiger partial charge in [0.25, 0.3) is 11.8 Å². The predicted octanol–water partition coefficient (Wildman–Crippen LogP) is 8.68. The molecule has 19 heteroatoms. The molecule has 428 valence electrons. The van der Waals surface area contributed by atoms with Crippen LogP contribution in [0.2, 0.25) is 5.02 Å². The summed E-state index contributed by atoms with van der Waals surface area (Å²) in [4.78, 5) is 82.2. The van der Waals surface area contributed by atoms with Crippen LogP contribution in [0.1, 0.15) is 144 Å². The number of likely N-dealkylation sites (tertiary alicyclic amines) is 1. The van der Waals surface area contributed by atoms with Crippen molar-refractivity contribution in [3.63, 3.8) is 0 Å². The molecule has 5 aliphatic rings. The first kappa shape index (κ1) is 58.5. The largest absolute Gasteiger partial charge is 0.490 e. The molecule has 5 fully saturated rings. The van der Waals surface area contributed by atoms with Crippen molar-refractivity contribution in [1.29, 1.82) is 5.26 Å². The number of aliphatic hydroxyl groups excluding tert-OH is 1. The van der Waals surface area contributed by atoms with Crippen LogP contribution in [0.4, 0.5) is 10.1 Å². The number of amides is 5. The first-order chi connectivity index (χ1) is 38.4. The number of piperidine rings is 1. The fourth-order valence-corrected chi connectivity index (χ4v) is 13.0. The van der Waals surface area contributed by atoms with Gasteiger partial charge in [0, 0.05) is 87.9 Å². The molecule has 9 rings (SSSR count). The Morgan fingerprint density at radius 1 is 0.900 bits per heavy atom. The average Bonchev–Trinajstić information content (AvgIpc) is 3.84. The van der Waals surface area contributed by atoms with Gasteiger partial charge in [-0.2, -0.15) is 5.26 Å². The fraction of sp³-hybridized carbons (Fsp3) is 0.557. The van der Waals surface area contributed by atoms with Gasteiger partial charge in [0.05, 0.1) is 45.2 Å². The van der Waals surface area contributed by atoms with E-state index in [1.165, 1.54) is 16.2 Å². The Bertz CT molecular complexity index is 2870. The van der Waals surface area contributed by atoms with Crippen LogP contribution in [0, 0.1) is 23.7 Å². The molecule has 1 aromatic heterocycles. The van der Waals surface area contributed by atoms with Crippen molar-refractivity contribution in [3.05, 3.63) is 99.6 Å². The van der Waals surface area contributed by atoms with E-state index in [0.717, 1.165) is 124 Å². The van der Waals surface area contributed by atoms with E-state index < -0.39 is 53.0 Å². The molecule has 7 atom stereocenters. The molecular formula is C61H77ClFN9O7S. The minimum atomic E-state index is -2.00. The van der Waals surface area contributed by atoms with E-state index >= 15 is 0 Å². The van der Waals surface area contributed by atoms with Crippen LogP contribution in [0.15, 0.2) is 72.2 Å². The van der Waals surface area contributed by atoms with Crippen LogP contribution in [-0.4, -0.2) is 142 Å². The first-order valence-corrected chi connectivity index (χ1v) is 30.0. The zero-order valence-corrected chi connectivity index (χ0v) is 48.1. The number of aliphatic hydroxyl groups is 1. The second-order valence-corrected chi connectivity index (χ2v) is 25.0. The highest BCUT2D eigenvalue weighted by molar-refractivity contribution is 7.13. The van der Waals surface area contributed by atoms with Gasteiger partial charge in [-0.15, -0.1) is 11.3 Å². The van der Waals surface area contributed by atoms with Gasteiger partial charge in [0.1, 0.15) is 30.0 Å². The number of anilines is 1. The normalized spacial score (nSPS) is 22.3. The minimum Gasteiger partial charge on any atom is -0.490 e. The Labute approximate surface area is 478 Å². The number of halogens is 2. The molecule has 16 nitrogen and oxygen atoms in total. The minimum absolute atomic E-state index is 0.00732. The van der Waals surface area contributed by atoms with E-state index in [1.807, 2.05) is 43.3 Å². The van der Waals surface area contributed by atoms with Gasteiger partial charge in [-0.25, -0.2) is 9.37 Å². The Morgan fingerprint density at radius 2 is 1.57 bits per heavy atom. The van der Waals surface area contributed by atoms with Crippen molar-refractivity contribution in [2.24, 2.45) is 5.41 Å². The molecule has 2 bridgehead atoms.